The topological polar surface area (TPSA) is 67.4 Å². The van der Waals surface area contributed by atoms with E-state index in [0.717, 1.165) is 5.56 Å². The average molecular weight is 194 g/mol. The van der Waals surface area contributed by atoms with Crippen molar-refractivity contribution in [3.8, 4) is 0 Å². The van der Waals surface area contributed by atoms with Crippen LogP contribution in [0.3, 0.4) is 0 Å². The second-order valence-corrected chi connectivity index (χ2v) is 2.48. The fraction of sp³-hybridized carbons (Fsp3) is 0.111. The summed E-state index contributed by atoms with van der Waals surface area (Å²) in [7, 11) is 0. The highest BCUT2D eigenvalue weighted by molar-refractivity contribution is 5.70. The van der Waals surface area contributed by atoms with Gasteiger partial charge in [0.05, 0.1) is 6.61 Å². The zero-order valence-corrected chi connectivity index (χ0v) is 7.40. The molecule has 0 unspecified atom stereocenters. The standard InChI is InChI=1S/C9H10N2O3/c12-6-10-9-3-1-8(2-4-9)5-14-11-7-13/h1-4,6-7H,5H2,(H,10,12)(H,11,13). The number of benzene rings is 1. The van der Waals surface area contributed by atoms with Crippen molar-refractivity contribution in [2.45, 2.75) is 6.61 Å². The highest BCUT2D eigenvalue weighted by Gasteiger charge is 1.93. The molecule has 1 rings (SSSR count). The van der Waals surface area contributed by atoms with Crippen LogP contribution >= 0.6 is 0 Å². The van der Waals surface area contributed by atoms with Crippen molar-refractivity contribution >= 4 is 18.5 Å². The number of nitrogens with one attached hydrogen (secondary N) is 2. The Labute approximate surface area is 81.0 Å². The molecule has 2 amide bonds. The minimum Gasteiger partial charge on any atom is -0.329 e. The van der Waals surface area contributed by atoms with Crippen molar-refractivity contribution in [1.29, 1.82) is 0 Å². The Morgan fingerprint density at radius 2 is 1.86 bits per heavy atom. The highest BCUT2D eigenvalue weighted by atomic mass is 16.6. The van der Waals surface area contributed by atoms with Crippen molar-refractivity contribution in [1.82, 2.24) is 5.48 Å². The van der Waals surface area contributed by atoms with Crippen LogP contribution in [-0.4, -0.2) is 12.8 Å². The van der Waals surface area contributed by atoms with Crippen molar-refractivity contribution in [2.75, 3.05) is 5.32 Å². The lowest BCUT2D eigenvalue weighted by molar-refractivity contribution is -0.121. The summed E-state index contributed by atoms with van der Waals surface area (Å²) in [6.07, 6.45) is 1.07. The van der Waals surface area contributed by atoms with Crippen molar-refractivity contribution in [3.05, 3.63) is 29.8 Å². The molecule has 0 radical (unpaired) electrons. The number of hydrogen-bond donors (Lipinski definition) is 2. The largest absolute Gasteiger partial charge is 0.329 e. The van der Waals surface area contributed by atoms with Crippen molar-refractivity contribution in [2.24, 2.45) is 0 Å². The Kier molecular flexibility index (Phi) is 4.16. The van der Waals surface area contributed by atoms with Gasteiger partial charge in [0.2, 0.25) is 12.8 Å². The average Bonchev–Trinajstić information content (AvgIpc) is 2.21. The molecule has 1 aromatic carbocycles. The van der Waals surface area contributed by atoms with Crippen LogP contribution in [0.2, 0.25) is 0 Å². The van der Waals surface area contributed by atoms with E-state index in [0.29, 0.717) is 25.1 Å². The first-order valence-electron chi connectivity index (χ1n) is 3.97. The van der Waals surface area contributed by atoms with E-state index in [1.807, 2.05) is 0 Å². The molecule has 0 fully saturated rings. The van der Waals surface area contributed by atoms with E-state index in [2.05, 4.69) is 10.8 Å². The van der Waals surface area contributed by atoms with Gasteiger partial charge in [-0.15, -0.1) is 0 Å². The van der Waals surface area contributed by atoms with Gasteiger partial charge < -0.3 is 5.32 Å². The molecule has 0 saturated heterocycles. The molecule has 5 heteroatoms. The molecule has 74 valence electrons. The minimum absolute atomic E-state index is 0.292. The van der Waals surface area contributed by atoms with Gasteiger partial charge in [0.25, 0.3) is 0 Å². The molecule has 0 aliphatic carbocycles. The monoisotopic (exact) mass is 194 g/mol. The van der Waals surface area contributed by atoms with Gasteiger partial charge in [-0.3, -0.25) is 14.4 Å². The summed E-state index contributed by atoms with van der Waals surface area (Å²) in [6, 6.07) is 7.07. The van der Waals surface area contributed by atoms with Gasteiger partial charge >= 0.3 is 0 Å². The fourth-order valence-electron chi connectivity index (χ4n) is 0.924. The Bertz CT molecular complexity index is 297. The number of hydroxylamine groups is 1. The molecule has 1 aromatic rings. The first kappa shape index (κ1) is 10.2. The van der Waals surface area contributed by atoms with Gasteiger partial charge in [0.1, 0.15) is 0 Å². The van der Waals surface area contributed by atoms with E-state index in [1.165, 1.54) is 0 Å². The van der Waals surface area contributed by atoms with Gasteiger partial charge in [-0.25, -0.2) is 5.48 Å². The van der Waals surface area contributed by atoms with Crippen LogP contribution in [0.5, 0.6) is 0 Å². The second-order valence-electron chi connectivity index (χ2n) is 2.48. The lowest BCUT2D eigenvalue weighted by atomic mass is 10.2. The molecular weight excluding hydrogens is 184 g/mol. The Morgan fingerprint density at radius 3 is 2.43 bits per heavy atom. The Hall–Kier alpha value is -1.88. The predicted molar refractivity (Wildman–Crippen MR) is 50.1 cm³/mol. The summed E-state index contributed by atoms with van der Waals surface area (Å²) in [6.45, 7) is 0.292. The van der Waals surface area contributed by atoms with Crippen LogP contribution < -0.4 is 10.8 Å². The third-order valence-corrected chi connectivity index (χ3v) is 1.55. The third-order valence-electron chi connectivity index (χ3n) is 1.55. The summed E-state index contributed by atoms with van der Waals surface area (Å²) < 4.78 is 0. The van der Waals surface area contributed by atoms with Crippen molar-refractivity contribution in [3.63, 3.8) is 0 Å². The van der Waals surface area contributed by atoms with Crippen LogP contribution in [0.1, 0.15) is 5.56 Å². The smallest absolute Gasteiger partial charge is 0.230 e. The third kappa shape index (κ3) is 3.24. The minimum atomic E-state index is 0.292. The van der Waals surface area contributed by atoms with Crippen LogP contribution in [-0.2, 0) is 21.0 Å². The first-order chi connectivity index (χ1) is 6.86. The first-order valence-corrected chi connectivity index (χ1v) is 3.97. The van der Waals surface area contributed by atoms with Crippen LogP contribution in [0.25, 0.3) is 0 Å². The van der Waals surface area contributed by atoms with E-state index >= 15 is 0 Å². The van der Waals surface area contributed by atoms with Crippen molar-refractivity contribution < 1.29 is 14.4 Å². The highest BCUT2D eigenvalue weighted by Crippen LogP contribution is 2.08. The number of hydrogen-bond acceptors (Lipinski definition) is 3. The fourth-order valence-corrected chi connectivity index (χ4v) is 0.924. The number of anilines is 1. The van der Waals surface area contributed by atoms with E-state index < -0.39 is 0 Å². The SMILES string of the molecule is O=CNOCc1ccc(NC=O)cc1. The van der Waals surface area contributed by atoms with Crippen LogP contribution in [0.4, 0.5) is 5.69 Å². The summed E-state index contributed by atoms with van der Waals surface area (Å²) >= 11 is 0. The number of amides is 2. The lowest BCUT2D eigenvalue weighted by Crippen LogP contribution is -2.11. The molecule has 0 saturated carbocycles. The number of carbonyl (C=O) groups is 2. The lowest BCUT2D eigenvalue weighted by Gasteiger charge is -2.02. The Balaban J connectivity index is 2.46. The van der Waals surface area contributed by atoms with E-state index in [4.69, 9.17) is 4.84 Å². The molecule has 0 aromatic heterocycles. The molecule has 2 N–H and O–H groups in total. The molecule has 0 heterocycles. The van der Waals surface area contributed by atoms with E-state index in [9.17, 15) is 9.59 Å². The number of rotatable bonds is 6. The summed E-state index contributed by atoms with van der Waals surface area (Å²) in [5.74, 6) is 0. The molecule has 0 atom stereocenters. The molecule has 14 heavy (non-hydrogen) atoms. The predicted octanol–water partition coefficient (Wildman–Crippen LogP) is 0.432. The maximum Gasteiger partial charge on any atom is 0.230 e. The number of carbonyl (C=O) groups excluding carboxylic acids is 2. The van der Waals surface area contributed by atoms with Gasteiger partial charge in [-0.1, -0.05) is 12.1 Å². The van der Waals surface area contributed by atoms with E-state index in [1.54, 1.807) is 24.3 Å². The van der Waals surface area contributed by atoms with E-state index in [-0.39, 0.29) is 0 Å². The molecule has 0 bridgehead atoms. The Morgan fingerprint density at radius 1 is 1.14 bits per heavy atom. The van der Waals surface area contributed by atoms with Gasteiger partial charge in [-0.05, 0) is 17.7 Å². The van der Waals surface area contributed by atoms with Gasteiger partial charge in [0, 0.05) is 5.69 Å². The molecule has 5 nitrogen and oxygen atoms in total. The normalized spacial score (nSPS) is 9.14. The summed E-state index contributed by atoms with van der Waals surface area (Å²) in [5, 5.41) is 2.51. The van der Waals surface area contributed by atoms with Crippen LogP contribution in [0, 0.1) is 0 Å². The van der Waals surface area contributed by atoms with Crippen LogP contribution in [0.15, 0.2) is 24.3 Å². The zero-order valence-electron chi connectivity index (χ0n) is 7.40. The zero-order chi connectivity index (χ0) is 10.2. The maximum absolute atomic E-state index is 10.1. The van der Waals surface area contributed by atoms with Gasteiger partial charge in [-0.2, -0.15) is 0 Å². The molecule has 0 spiro atoms. The molecular formula is C9H10N2O3. The maximum atomic E-state index is 10.1. The quantitative estimate of drug-likeness (QED) is 0.392. The molecule has 0 aliphatic heterocycles. The molecule has 0 aliphatic rings. The summed E-state index contributed by atoms with van der Waals surface area (Å²) in [5.41, 5.74) is 3.70. The summed E-state index contributed by atoms with van der Waals surface area (Å²) in [4.78, 5) is 24.7. The second kappa shape index (κ2) is 5.71. The van der Waals surface area contributed by atoms with Gasteiger partial charge in [0.15, 0.2) is 0 Å².